The third kappa shape index (κ3) is 4.57. The molecule has 2 aliphatic rings. The molecule has 2 aliphatic heterocycles. The van der Waals surface area contributed by atoms with Gasteiger partial charge in [-0.3, -0.25) is 9.59 Å². The van der Waals surface area contributed by atoms with Gasteiger partial charge in [-0.15, -0.1) is 0 Å². The van der Waals surface area contributed by atoms with Crippen molar-refractivity contribution in [1.82, 2.24) is 10.2 Å². The number of fused-ring (bicyclic) bond motifs is 3. The summed E-state index contributed by atoms with van der Waals surface area (Å²) in [7, 11) is 0. The van der Waals surface area contributed by atoms with Crippen LogP contribution in [0.5, 0.6) is 0 Å². The zero-order valence-corrected chi connectivity index (χ0v) is 19.7. The molecule has 1 N–H and O–H groups in total. The molecule has 3 heterocycles. The van der Waals surface area contributed by atoms with E-state index in [1.54, 1.807) is 17.0 Å². The lowest BCUT2D eigenvalue weighted by Crippen LogP contribution is -2.62. The number of furan rings is 1. The van der Waals surface area contributed by atoms with Crippen molar-refractivity contribution in [3.63, 3.8) is 0 Å². The standard InChI is InChI=1S/C27H26F3N3O3/c1-17(18-6-3-2-4-7-18)31-25(34)21-15-19-14-20(27(28,29)30)9-10-22(19)33-12-11-32(16-23(21)33)26(35)24-8-5-13-36-24/h2-10,13-14,17,21,23H,11-12,15-16H2,1H3,(H,31,34)/t17-,21-,23+/m1/s1. The van der Waals surface area contributed by atoms with Gasteiger partial charge < -0.3 is 19.5 Å². The van der Waals surface area contributed by atoms with Gasteiger partial charge in [0, 0.05) is 25.3 Å². The highest BCUT2D eigenvalue weighted by molar-refractivity contribution is 5.92. The second kappa shape index (κ2) is 9.37. The van der Waals surface area contributed by atoms with Crippen LogP contribution < -0.4 is 10.2 Å². The summed E-state index contributed by atoms with van der Waals surface area (Å²) in [5.74, 6) is -0.945. The summed E-state index contributed by atoms with van der Waals surface area (Å²) in [6.45, 7) is 2.90. The van der Waals surface area contributed by atoms with E-state index in [9.17, 15) is 22.8 Å². The van der Waals surface area contributed by atoms with E-state index in [-0.39, 0.29) is 42.6 Å². The van der Waals surface area contributed by atoms with Gasteiger partial charge in [0.2, 0.25) is 5.91 Å². The Morgan fingerprint density at radius 1 is 1.06 bits per heavy atom. The second-order valence-corrected chi connectivity index (χ2v) is 9.28. The Hall–Kier alpha value is -3.75. The normalized spacial score (nSPS) is 20.3. The molecule has 9 heteroatoms. The summed E-state index contributed by atoms with van der Waals surface area (Å²) in [5.41, 5.74) is 1.36. The molecular weight excluding hydrogens is 471 g/mol. The predicted molar refractivity (Wildman–Crippen MR) is 127 cm³/mol. The number of anilines is 1. The maximum Gasteiger partial charge on any atom is 0.416 e. The molecule has 5 rings (SSSR count). The molecule has 3 aromatic rings. The van der Waals surface area contributed by atoms with Crippen molar-refractivity contribution in [2.45, 2.75) is 31.6 Å². The summed E-state index contributed by atoms with van der Waals surface area (Å²) in [5, 5.41) is 3.04. The third-order valence-electron chi connectivity index (χ3n) is 7.05. The van der Waals surface area contributed by atoms with Gasteiger partial charge in [-0.05, 0) is 54.8 Å². The maximum atomic E-state index is 13.6. The van der Waals surface area contributed by atoms with E-state index in [0.29, 0.717) is 24.3 Å². The largest absolute Gasteiger partial charge is 0.459 e. The molecule has 1 aromatic heterocycles. The first-order valence-corrected chi connectivity index (χ1v) is 11.9. The zero-order chi connectivity index (χ0) is 25.4. The molecule has 1 fully saturated rings. The van der Waals surface area contributed by atoms with E-state index in [0.717, 1.165) is 17.7 Å². The number of nitrogens with zero attached hydrogens (tertiary/aromatic N) is 2. The Bertz CT molecular complexity index is 1240. The Balaban J connectivity index is 1.45. The second-order valence-electron chi connectivity index (χ2n) is 9.28. The topological polar surface area (TPSA) is 65.8 Å². The van der Waals surface area contributed by atoms with Gasteiger partial charge in [0.25, 0.3) is 5.91 Å². The zero-order valence-electron chi connectivity index (χ0n) is 19.7. The SMILES string of the molecule is C[C@@H](NC(=O)[C@@H]1Cc2cc(C(F)(F)F)ccc2N2CCN(C(=O)c3ccco3)C[C@@H]12)c1ccccc1. The average molecular weight is 498 g/mol. The third-order valence-corrected chi connectivity index (χ3v) is 7.05. The van der Waals surface area contributed by atoms with Crippen LogP contribution in [0.25, 0.3) is 0 Å². The molecule has 0 aliphatic carbocycles. The van der Waals surface area contributed by atoms with E-state index in [1.165, 1.54) is 12.3 Å². The number of hydrogen-bond donors (Lipinski definition) is 1. The van der Waals surface area contributed by atoms with Crippen LogP contribution in [-0.4, -0.2) is 42.4 Å². The molecular formula is C27H26F3N3O3. The van der Waals surface area contributed by atoms with Crippen LogP contribution in [0.3, 0.4) is 0 Å². The van der Waals surface area contributed by atoms with Crippen molar-refractivity contribution < 1.29 is 27.2 Å². The molecule has 36 heavy (non-hydrogen) atoms. The number of rotatable bonds is 4. The smallest absolute Gasteiger partial charge is 0.416 e. The molecule has 0 unspecified atom stereocenters. The molecule has 6 nitrogen and oxygen atoms in total. The quantitative estimate of drug-likeness (QED) is 0.569. The van der Waals surface area contributed by atoms with E-state index < -0.39 is 17.7 Å². The first kappa shape index (κ1) is 24.0. The summed E-state index contributed by atoms with van der Waals surface area (Å²) in [6, 6.07) is 15.7. The maximum absolute atomic E-state index is 13.6. The highest BCUT2D eigenvalue weighted by Crippen LogP contribution is 2.40. The van der Waals surface area contributed by atoms with Crippen LogP contribution in [-0.2, 0) is 17.4 Å². The Kier molecular flexibility index (Phi) is 6.24. The molecule has 3 atom stereocenters. The molecule has 0 bridgehead atoms. The number of piperazine rings is 1. The van der Waals surface area contributed by atoms with Crippen LogP contribution in [0.4, 0.5) is 18.9 Å². The van der Waals surface area contributed by atoms with Crippen molar-refractivity contribution in [3.8, 4) is 0 Å². The number of benzene rings is 2. The van der Waals surface area contributed by atoms with Gasteiger partial charge in [-0.25, -0.2) is 0 Å². The van der Waals surface area contributed by atoms with Gasteiger partial charge in [0.1, 0.15) is 0 Å². The first-order chi connectivity index (χ1) is 17.2. The number of amides is 2. The van der Waals surface area contributed by atoms with E-state index in [2.05, 4.69) is 5.32 Å². The number of nitrogens with one attached hydrogen (secondary N) is 1. The minimum atomic E-state index is -4.47. The highest BCUT2D eigenvalue weighted by Gasteiger charge is 2.44. The van der Waals surface area contributed by atoms with Crippen LogP contribution in [0.1, 0.15) is 40.2 Å². The van der Waals surface area contributed by atoms with Crippen molar-refractivity contribution in [1.29, 1.82) is 0 Å². The number of hydrogen-bond acceptors (Lipinski definition) is 4. The first-order valence-electron chi connectivity index (χ1n) is 11.9. The van der Waals surface area contributed by atoms with Gasteiger partial charge in [0.05, 0.1) is 29.8 Å². The molecule has 0 spiro atoms. The number of alkyl halides is 3. The fourth-order valence-electron chi connectivity index (χ4n) is 5.19. The van der Waals surface area contributed by atoms with Gasteiger partial charge in [0.15, 0.2) is 5.76 Å². The van der Waals surface area contributed by atoms with Gasteiger partial charge in [-0.1, -0.05) is 30.3 Å². The van der Waals surface area contributed by atoms with Crippen LogP contribution in [0.2, 0.25) is 0 Å². The van der Waals surface area contributed by atoms with E-state index in [4.69, 9.17) is 4.42 Å². The van der Waals surface area contributed by atoms with Crippen LogP contribution in [0, 0.1) is 5.92 Å². The highest BCUT2D eigenvalue weighted by atomic mass is 19.4. The van der Waals surface area contributed by atoms with Gasteiger partial charge >= 0.3 is 6.18 Å². The molecule has 1 saturated heterocycles. The lowest BCUT2D eigenvalue weighted by molar-refractivity contribution is -0.137. The van der Waals surface area contributed by atoms with Crippen molar-refractivity contribution in [2.24, 2.45) is 5.92 Å². The summed E-state index contributed by atoms with van der Waals surface area (Å²) in [6.07, 6.45) is -2.89. The summed E-state index contributed by atoms with van der Waals surface area (Å²) >= 11 is 0. The number of carbonyl (C=O) groups excluding carboxylic acids is 2. The Labute approximate surface area is 206 Å². The lowest BCUT2D eigenvalue weighted by atomic mass is 9.82. The monoisotopic (exact) mass is 497 g/mol. The molecule has 0 radical (unpaired) electrons. The van der Waals surface area contributed by atoms with Crippen LogP contribution in [0.15, 0.2) is 71.3 Å². The van der Waals surface area contributed by atoms with Crippen molar-refractivity contribution in [2.75, 3.05) is 24.5 Å². The molecule has 2 amide bonds. The fraction of sp³-hybridized carbons (Fsp3) is 0.333. The van der Waals surface area contributed by atoms with Crippen molar-refractivity contribution >= 4 is 17.5 Å². The minimum absolute atomic E-state index is 0.149. The number of carbonyl (C=O) groups is 2. The van der Waals surface area contributed by atoms with Crippen LogP contribution >= 0.6 is 0 Å². The van der Waals surface area contributed by atoms with Gasteiger partial charge in [-0.2, -0.15) is 13.2 Å². The lowest BCUT2D eigenvalue weighted by Gasteiger charge is -2.49. The average Bonchev–Trinajstić information content (AvgIpc) is 3.42. The fourth-order valence-corrected chi connectivity index (χ4v) is 5.19. The Morgan fingerprint density at radius 3 is 2.53 bits per heavy atom. The summed E-state index contributed by atoms with van der Waals surface area (Å²) < 4.78 is 45.6. The van der Waals surface area contributed by atoms with Crippen molar-refractivity contribution in [3.05, 3.63) is 89.4 Å². The Morgan fingerprint density at radius 2 is 1.83 bits per heavy atom. The minimum Gasteiger partial charge on any atom is -0.459 e. The van der Waals surface area contributed by atoms with E-state index in [1.807, 2.05) is 42.2 Å². The number of halogens is 3. The molecule has 2 aromatic carbocycles. The molecule has 188 valence electrons. The molecule has 0 saturated carbocycles. The predicted octanol–water partition coefficient (Wildman–Crippen LogP) is 4.68. The van der Waals surface area contributed by atoms with E-state index >= 15 is 0 Å². The summed E-state index contributed by atoms with van der Waals surface area (Å²) in [4.78, 5) is 30.1.